The highest BCUT2D eigenvalue weighted by molar-refractivity contribution is 7.89. The highest BCUT2D eigenvalue weighted by atomic mass is 32.2. The SMILES string of the molecule is CCc1ccccc1S(=O)(=O)N1CCN(CCc2cn(C)c3ncccc23)CC1. The van der Waals surface area contributed by atoms with E-state index < -0.39 is 10.0 Å². The second-order valence-corrected chi connectivity index (χ2v) is 9.50. The minimum absolute atomic E-state index is 0.458. The Morgan fingerprint density at radius 3 is 2.52 bits per heavy atom. The summed E-state index contributed by atoms with van der Waals surface area (Å²) in [5.41, 5.74) is 3.19. The fourth-order valence-corrected chi connectivity index (χ4v) is 5.87. The number of aromatic nitrogens is 2. The van der Waals surface area contributed by atoms with Gasteiger partial charge in [0.1, 0.15) is 5.65 Å². The molecule has 154 valence electrons. The summed E-state index contributed by atoms with van der Waals surface area (Å²) in [6.07, 6.45) is 5.63. The van der Waals surface area contributed by atoms with E-state index >= 15 is 0 Å². The van der Waals surface area contributed by atoms with Gasteiger partial charge in [-0.2, -0.15) is 4.31 Å². The zero-order chi connectivity index (χ0) is 20.4. The average molecular weight is 413 g/mol. The summed E-state index contributed by atoms with van der Waals surface area (Å²) in [4.78, 5) is 7.26. The third-order valence-electron chi connectivity index (χ3n) is 5.82. The van der Waals surface area contributed by atoms with Crippen molar-refractivity contribution in [2.45, 2.75) is 24.7 Å². The molecule has 0 spiro atoms. The lowest BCUT2D eigenvalue weighted by molar-refractivity contribution is 0.190. The molecule has 1 saturated heterocycles. The van der Waals surface area contributed by atoms with E-state index in [1.807, 2.05) is 38.4 Å². The monoisotopic (exact) mass is 412 g/mol. The van der Waals surface area contributed by atoms with Gasteiger partial charge in [-0.05, 0) is 42.2 Å². The van der Waals surface area contributed by atoms with E-state index in [-0.39, 0.29) is 0 Å². The summed E-state index contributed by atoms with van der Waals surface area (Å²) in [6.45, 7) is 5.52. The lowest BCUT2D eigenvalue weighted by atomic mass is 10.1. The summed E-state index contributed by atoms with van der Waals surface area (Å²) in [6, 6.07) is 11.4. The first kappa shape index (κ1) is 20.1. The molecule has 1 aliphatic rings. The number of aryl methyl sites for hydroxylation is 2. The Labute approximate surface area is 172 Å². The number of hydrogen-bond donors (Lipinski definition) is 0. The van der Waals surface area contributed by atoms with E-state index in [4.69, 9.17) is 0 Å². The van der Waals surface area contributed by atoms with Gasteiger partial charge in [0.15, 0.2) is 0 Å². The average Bonchev–Trinajstić information content (AvgIpc) is 3.08. The standard InChI is InChI=1S/C22H28N4O2S/c1-3-18-7-4-5-9-21(18)29(27,28)26-15-13-25(14-16-26)12-10-19-17-24(2)22-20(19)8-6-11-23-22/h4-9,11,17H,3,10,12-16H2,1-2H3. The number of pyridine rings is 1. The van der Waals surface area contributed by atoms with Crippen LogP contribution in [0.3, 0.4) is 0 Å². The van der Waals surface area contributed by atoms with E-state index in [9.17, 15) is 8.42 Å². The first-order valence-corrected chi connectivity index (χ1v) is 11.6. The molecule has 0 atom stereocenters. The Balaban J connectivity index is 1.39. The van der Waals surface area contributed by atoms with Crippen molar-refractivity contribution in [3.8, 4) is 0 Å². The first-order valence-electron chi connectivity index (χ1n) is 10.2. The molecule has 1 fully saturated rings. The molecule has 0 aliphatic carbocycles. The number of benzene rings is 1. The predicted molar refractivity (Wildman–Crippen MR) is 115 cm³/mol. The second-order valence-electron chi connectivity index (χ2n) is 7.60. The largest absolute Gasteiger partial charge is 0.335 e. The van der Waals surface area contributed by atoms with E-state index in [2.05, 4.69) is 26.7 Å². The maximum Gasteiger partial charge on any atom is 0.243 e. The van der Waals surface area contributed by atoms with Gasteiger partial charge in [0, 0.05) is 57.6 Å². The number of piperazine rings is 1. The molecule has 0 amide bonds. The fourth-order valence-electron chi connectivity index (χ4n) is 4.15. The maximum absolute atomic E-state index is 13.1. The molecule has 3 aromatic rings. The summed E-state index contributed by atoms with van der Waals surface area (Å²) in [5.74, 6) is 0. The summed E-state index contributed by atoms with van der Waals surface area (Å²) in [7, 11) is -1.40. The molecule has 2 aromatic heterocycles. The lowest BCUT2D eigenvalue weighted by Gasteiger charge is -2.34. The van der Waals surface area contributed by atoms with Crippen LogP contribution in [0.2, 0.25) is 0 Å². The van der Waals surface area contributed by atoms with Crippen LogP contribution in [0.4, 0.5) is 0 Å². The fraction of sp³-hybridized carbons (Fsp3) is 0.409. The van der Waals surface area contributed by atoms with Crippen molar-refractivity contribution in [3.05, 3.63) is 59.9 Å². The van der Waals surface area contributed by atoms with Gasteiger partial charge in [-0.1, -0.05) is 25.1 Å². The minimum atomic E-state index is -3.43. The summed E-state index contributed by atoms with van der Waals surface area (Å²) in [5, 5.41) is 1.20. The Kier molecular flexibility index (Phi) is 5.72. The molecule has 1 aliphatic heterocycles. The third-order valence-corrected chi connectivity index (χ3v) is 7.82. The molecule has 0 N–H and O–H groups in total. The molecule has 0 saturated carbocycles. The van der Waals surface area contributed by atoms with Crippen molar-refractivity contribution in [2.75, 3.05) is 32.7 Å². The molecule has 1 aromatic carbocycles. The molecular formula is C22H28N4O2S. The van der Waals surface area contributed by atoms with Crippen LogP contribution in [0.15, 0.2) is 53.7 Å². The van der Waals surface area contributed by atoms with Crippen molar-refractivity contribution in [1.82, 2.24) is 18.8 Å². The molecule has 7 heteroatoms. The van der Waals surface area contributed by atoms with Crippen LogP contribution in [-0.4, -0.2) is 59.9 Å². The zero-order valence-electron chi connectivity index (χ0n) is 17.1. The van der Waals surface area contributed by atoms with Crippen molar-refractivity contribution < 1.29 is 8.42 Å². The number of nitrogens with zero attached hydrogens (tertiary/aromatic N) is 4. The van der Waals surface area contributed by atoms with Crippen molar-refractivity contribution in [3.63, 3.8) is 0 Å². The lowest BCUT2D eigenvalue weighted by Crippen LogP contribution is -2.49. The van der Waals surface area contributed by atoms with E-state index in [1.165, 1.54) is 10.9 Å². The van der Waals surface area contributed by atoms with Gasteiger partial charge in [-0.15, -0.1) is 0 Å². The van der Waals surface area contributed by atoms with Crippen molar-refractivity contribution >= 4 is 21.1 Å². The molecule has 0 bridgehead atoms. The maximum atomic E-state index is 13.1. The van der Waals surface area contributed by atoms with E-state index in [0.717, 1.165) is 43.7 Å². The van der Waals surface area contributed by atoms with Gasteiger partial charge >= 0.3 is 0 Å². The molecular weight excluding hydrogens is 384 g/mol. The number of sulfonamides is 1. The predicted octanol–water partition coefficient (Wildman–Crippen LogP) is 2.68. The van der Waals surface area contributed by atoms with Crippen LogP contribution in [0.5, 0.6) is 0 Å². The molecule has 3 heterocycles. The molecule has 0 unspecified atom stereocenters. The molecule has 6 nitrogen and oxygen atoms in total. The third kappa shape index (κ3) is 3.95. The van der Waals surface area contributed by atoms with Crippen molar-refractivity contribution in [1.29, 1.82) is 0 Å². The van der Waals surface area contributed by atoms with Crippen LogP contribution in [0.1, 0.15) is 18.1 Å². The normalized spacial score (nSPS) is 16.5. The van der Waals surface area contributed by atoms with E-state index in [1.54, 1.807) is 16.4 Å². The summed E-state index contributed by atoms with van der Waals surface area (Å²) < 4.78 is 29.9. The van der Waals surface area contributed by atoms with Gasteiger partial charge < -0.3 is 9.47 Å². The second kappa shape index (κ2) is 8.26. The number of rotatable bonds is 6. The summed E-state index contributed by atoms with van der Waals surface area (Å²) >= 11 is 0. The molecule has 0 radical (unpaired) electrons. The molecule has 4 rings (SSSR count). The highest BCUT2D eigenvalue weighted by Gasteiger charge is 2.29. The van der Waals surface area contributed by atoms with Crippen LogP contribution >= 0.6 is 0 Å². The van der Waals surface area contributed by atoms with Gasteiger partial charge in [0.2, 0.25) is 10.0 Å². The van der Waals surface area contributed by atoms with Crippen LogP contribution in [-0.2, 0) is 29.9 Å². The number of fused-ring (bicyclic) bond motifs is 1. The van der Waals surface area contributed by atoms with Gasteiger partial charge in [-0.3, -0.25) is 0 Å². The van der Waals surface area contributed by atoms with Crippen LogP contribution in [0.25, 0.3) is 11.0 Å². The van der Waals surface area contributed by atoms with Gasteiger partial charge in [-0.25, -0.2) is 13.4 Å². The zero-order valence-corrected chi connectivity index (χ0v) is 17.9. The van der Waals surface area contributed by atoms with Gasteiger partial charge in [0.25, 0.3) is 0 Å². The molecule has 29 heavy (non-hydrogen) atoms. The van der Waals surface area contributed by atoms with Crippen LogP contribution in [0, 0.1) is 0 Å². The Hall–Kier alpha value is -2.22. The van der Waals surface area contributed by atoms with Crippen LogP contribution < -0.4 is 0 Å². The smallest absolute Gasteiger partial charge is 0.243 e. The first-order chi connectivity index (χ1) is 14.0. The minimum Gasteiger partial charge on any atom is -0.335 e. The number of hydrogen-bond acceptors (Lipinski definition) is 4. The topological polar surface area (TPSA) is 58.4 Å². The van der Waals surface area contributed by atoms with Crippen molar-refractivity contribution in [2.24, 2.45) is 7.05 Å². The Bertz CT molecular complexity index is 1100. The van der Waals surface area contributed by atoms with Gasteiger partial charge in [0.05, 0.1) is 4.90 Å². The Morgan fingerprint density at radius 1 is 1.00 bits per heavy atom. The Morgan fingerprint density at radius 2 is 1.76 bits per heavy atom. The van der Waals surface area contributed by atoms with E-state index in [0.29, 0.717) is 18.0 Å². The highest BCUT2D eigenvalue weighted by Crippen LogP contribution is 2.23. The quantitative estimate of drug-likeness (QED) is 0.625.